The number of aliphatic hydroxyl groups is 1. The van der Waals surface area contributed by atoms with Crippen molar-refractivity contribution in [3.63, 3.8) is 0 Å². The molecule has 1 heteroatoms. The lowest BCUT2D eigenvalue weighted by Crippen LogP contribution is -2.24. The maximum atomic E-state index is 9.98. The third kappa shape index (κ3) is 2.07. The Morgan fingerprint density at radius 3 is 2.00 bits per heavy atom. The highest BCUT2D eigenvalue weighted by molar-refractivity contribution is 5.11. The van der Waals surface area contributed by atoms with Gasteiger partial charge in [-0.05, 0) is 43.4 Å². The highest BCUT2D eigenvalue weighted by Crippen LogP contribution is 2.64. The minimum absolute atomic E-state index is 0.350. The van der Waals surface area contributed by atoms with Gasteiger partial charge in [0, 0.05) is 0 Å². The monoisotopic (exact) mass is 184 g/mol. The number of hydrogen-bond donors (Lipinski definition) is 1. The summed E-state index contributed by atoms with van der Waals surface area (Å²) in [4.78, 5) is 0. The molecule has 0 aromatic carbocycles. The van der Waals surface area contributed by atoms with Crippen LogP contribution in [-0.2, 0) is 0 Å². The first-order chi connectivity index (χ1) is 5.67. The second-order valence-electron chi connectivity index (χ2n) is 6.19. The number of rotatable bonds is 3. The molecular formula is C12H24O. The van der Waals surface area contributed by atoms with E-state index in [1.807, 2.05) is 13.8 Å². The Kier molecular flexibility index (Phi) is 2.53. The van der Waals surface area contributed by atoms with E-state index in [1.165, 1.54) is 6.42 Å². The molecule has 13 heavy (non-hydrogen) atoms. The number of hydrogen-bond acceptors (Lipinski definition) is 1. The van der Waals surface area contributed by atoms with Crippen molar-refractivity contribution in [2.75, 3.05) is 0 Å². The van der Waals surface area contributed by atoms with Crippen molar-refractivity contribution in [1.29, 1.82) is 0 Å². The lowest BCUT2D eigenvalue weighted by molar-refractivity contribution is 0.0405. The van der Waals surface area contributed by atoms with Crippen molar-refractivity contribution in [2.24, 2.45) is 23.2 Å². The summed E-state index contributed by atoms with van der Waals surface area (Å²) in [6.07, 6.45) is 1.25. The molecule has 1 saturated carbocycles. The van der Waals surface area contributed by atoms with Crippen LogP contribution in [0.1, 0.15) is 48.0 Å². The van der Waals surface area contributed by atoms with E-state index >= 15 is 0 Å². The van der Waals surface area contributed by atoms with Crippen LogP contribution >= 0.6 is 0 Å². The highest BCUT2D eigenvalue weighted by Gasteiger charge is 2.62. The summed E-state index contributed by atoms with van der Waals surface area (Å²) in [6.45, 7) is 13.0. The van der Waals surface area contributed by atoms with E-state index in [2.05, 4.69) is 27.7 Å². The molecule has 0 unspecified atom stereocenters. The molecule has 0 saturated heterocycles. The predicted octanol–water partition coefficient (Wildman–Crippen LogP) is 3.08. The van der Waals surface area contributed by atoms with Gasteiger partial charge < -0.3 is 5.11 Å². The normalized spacial score (nSPS) is 32.3. The van der Waals surface area contributed by atoms with Crippen LogP contribution in [-0.4, -0.2) is 10.7 Å². The Labute approximate surface area is 82.5 Å². The average Bonchev–Trinajstić information content (AvgIpc) is 2.29. The van der Waals surface area contributed by atoms with Crippen LogP contribution in [0.25, 0.3) is 0 Å². The fourth-order valence-corrected chi connectivity index (χ4v) is 3.09. The molecule has 0 heterocycles. The molecule has 0 amide bonds. The van der Waals surface area contributed by atoms with Gasteiger partial charge in [-0.1, -0.05) is 27.7 Å². The van der Waals surface area contributed by atoms with Gasteiger partial charge in [0.1, 0.15) is 0 Å². The van der Waals surface area contributed by atoms with Crippen molar-refractivity contribution >= 4 is 0 Å². The molecule has 0 spiro atoms. The lowest BCUT2D eigenvalue weighted by atomic mass is 9.96. The summed E-state index contributed by atoms with van der Waals surface area (Å²) in [5, 5.41) is 9.98. The van der Waals surface area contributed by atoms with E-state index in [-0.39, 0.29) is 0 Å². The quantitative estimate of drug-likeness (QED) is 0.714. The fraction of sp³-hybridized carbons (Fsp3) is 1.00. The van der Waals surface area contributed by atoms with Gasteiger partial charge in [-0.3, -0.25) is 0 Å². The smallest absolute Gasteiger partial charge is 0.0627 e. The van der Waals surface area contributed by atoms with E-state index in [9.17, 15) is 5.11 Å². The zero-order chi connectivity index (χ0) is 10.4. The molecule has 0 radical (unpaired) electrons. The Hall–Kier alpha value is -0.0400. The molecule has 78 valence electrons. The Morgan fingerprint density at radius 2 is 1.77 bits per heavy atom. The van der Waals surface area contributed by atoms with Gasteiger partial charge in [-0.15, -0.1) is 0 Å². The van der Waals surface area contributed by atoms with E-state index in [1.54, 1.807) is 0 Å². The molecule has 1 nitrogen and oxygen atoms in total. The highest BCUT2D eigenvalue weighted by atomic mass is 16.3. The van der Waals surface area contributed by atoms with Gasteiger partial charge in [-0.25, -0.2) is 0 Å². The van der Waals surface area contributed by atoms with Gasteiger partial charge in [0.25, 0.3) is 0 Å². The van der Waals surface area contributed by atoms with E-state index in [0.29, 0.717) is 17.3 Å². The minimum atomic E-state index is -0.497. The van der Waals surface area contributed by atoms with Crippen molar-refractivity contribution in [3.05, 3.63) is 0 Å². The van der Waals surface area contributed by atoms with Crippen LogP contribution in [0.4, 0.5) is 0 Å². The zero-order valence-corrected chi connectivity index (χ0v) is 9.89. The molecule has 1 fully saturated rings. The van der Waals surface area contributed by atoms with Crippen LogP contribution in [0.3, 0.4) is 0 Å². The third-order valence-electron chi connectivity index (χ3n) is 3.54. The molecule has 0 aromatic rings. The van der Waals surface area contributed by atoms with Crippen molar-refractivity contribution in [2.45, 2.75) is 53.6 Å². The summed E-state index contributed by atoms with van der Waals surface area (Å²) in [5.74, 6) is 1.95. The van der Waals surface area contributed by atoms with Crippen molar-refractivity contribution < 1.29 is 5.11 Å². The molecule has 0 aromatic heterocycles. The summed E-state index contributed by atoms with van der Waals surface area (Å²) >= 11 is 0. The second-order valence-corrected chi connectivity index (χ2v) is 6.19. The first kappa shape index (κ1) is 11.0. The Bertz CT molecular complexity index is 186. The summed E-state index contributed by atoms with van der Waals surface area (Å²) < 4.78 is 0. The van der Waals surface area contributed by atoms with E-state index in [4.69, 9.17) is 0 Å². The van der Waals surface area contributed by atoms with E-state index in [0.717, 1.165) is 5.92 Å². The fourth-order valence-electron chi connectivity index (χ4n) is 3.09. The topological polar surface area (TPSA) is 20.2 Å². The maximum Gasteiger partial charge on any atom is 0.0627 e. The van der Waals surface area contributed by atoms with Crippen LogP contribution in [0.5, 0.6) is 0 Å². The van der Waals surface area contributed by atoms with Crippen LogP contribution < -0.4 is 0 Å². The van der Waals surface area contributed by atoms with Crippen LogP contribution in [0.15, 0.2) is 0 Å². The Balaban J connectivity index is 2.61. The SMILES string of the molecule is CC(C)C[C@H]1[C@H](C(C)(C)O)C1(C)C. The molecule has 1 aliphatic rings. The van der Waals surface area contributed by atoms with Gasteiger partial charge in [-0.2, -0.15) is 0 Å². The molecule has 0 bridgehead atoms. The second kappa shape index (κ2) is 2.98. The first-order valence-electron chi connectivity index (χ1n) is 5.39. The molecule has 1 rings (SSSR count). The largest absolute Gasteiger partial charge is 0.390 e. The van der Waals surface area contributed by atoms with E-state index < -0.39 is 5.60 Å². The standard InChI is InChI=1S/C12H24O/c1-8(2)7-9-10(11(9,3)4)12(5,6)13/h8-10,13H,7H2,1-6H3/t9-,10-/m0/s1. The molecule has 0 aliphatic heterocycles. The summed E-state index contributed by atoms with van der Waals surface area (Å²) in [6, 6.07) is 0. The first-order valence-corrected chi connectivity index (χ1v) is 5.39. The van der Waals surface area contributed by atoms with Gasteiger partial charge in [0.15, 0.2) is 0 Å². The molecular weight excluding hydrogens is 160 g/mol. The van der Waals surface area contributed by atoms with Gasteiger partial charge in [0.05, 0.1) is 5.60 Å². The Morgan fingerprint density at radius 1 is 1.31 bits per heavy atom. The van der Waals surface area contributed by atoms with Crippen LogP contribution in [0, 0.1) is 23.2 Å². The van der Waals surface area contributed by atoms with Crippen LogP contribution in [0.2, 0.25) is 0 Å². The van der Waals surface area contributed by atoms with Gasteiger partial charge in [0.2, 0.25) is 0 Å². The van der Waals surface area contributed by atoms with Gasteiger partial charge >= 0.3 is 0 Å². The molecule has 1 aliphatic carbocycles. The minimum Gasteiger partial charge on any atom is -0.390 e. The molecule has 1 N–H and O–H groups in total. The lowest BCUT2D eigenvalue weighted by Gasteiger charge is -2.19. The maximum absolute atomic E-state index is 9.98. The zero-order valence-electron chi connectivity index (χ0n) is 9.89. The molecule has 2 atom stereocenters. The summed E-state index contributed by atoms with van der Waals surface area (Å²) in [5.41, 5.74) is -0.147. The van der Waals surface area contributed by atoms with Crippen molar-refractivity contribution in [3.8, 4) is 0 Å². The summed E-state index contributed by atoms with van der Waals surface area (Å²) in [7, 11) is 0. The average molecular weight is 184 g/mol. The van der Waals surface area contributed by atoms with Crippen molar-refractivity contribution in [1.82, 2.24) is 0 Å². The predicted molar refractivity (Wildman–Crippen MR) is 56.5 cm³/mol. The third-order valence-corrected chi connectivity index (χ3v) is 3.54.